The van der Waals surface area contributed by atoms with Gasteiger partial charge in [0.15, 0.2) is 0 Å². The van der Waals surface area contributed by atoms with Gasteiger partial charge in [-0.15, -0.1) is 0 Å². The maximum absolute atomic E-state index is 12.8. The summed E-state index contributed by atoms with van der Waals surface area (Å²) in [6.45, 7) is -0.635. The standard InChI is InChI=1S/C14H11BrF2INO2/c1-21-8-2-3-9(10(15)6-8)12-5-4-11(18)14(20)19(12)7-13(16)17/h2-6,13H,7H2,1H3. The second-order valence-electron chi connectivity index (χ2n) is 4.22. The topological polar surface area (TPSA) is 31.2 Å². The lowest BCUT2D eigenvalue weighted by molar-refractivity contribution is 0.125. The van der Waals surface area contributed by atoms with Crippen molar-refractivity contribution in [3.63, 3.8) is 0 Å². The second-order valence-corrected chi connectivity index (χ2v) is 6.24. The number of ether oxygens (including phenoxy) is 1. The second kappa shape index (κ2) is 6.87. The summed E-state index contributed by atoms with van der Waals surface area (Å²) in [5.41, 5.74) is 0.677. The van der Waals surface area contributed by atoms with Gasteiger partial charge < -0.3 is 9.30 Å². The number of methoxy groups -OCH3 is 1. The number of benzene rings is 1. The first-order chi connectivity index (χ1) is 9.93. The largest absolute Gasteiger partial charge is 0.497 e. The number of alkyl halides is 2. The van der Waals surface area contributed by atoms with E-state index in [-0.39, 0.29) is 0 Å². The van der Waals surface area contributed by atoms with Crippen molar-refractivity contribution in [2.75, 3.05) is 7.11 Å². The van der Waals surface area contributed by atoms with Gasteiger partial charge in [-0.3, -0.25) is 4.79 Å². The molecule has 1 aromatic heterocycles. The molecule has 0 saturated carbocycles. The van der Waals surface area contributed by atoms with Gasteiger partial charge in [-0.05, 0) is 68.9 Å². The predicted molar refractivity (Wildman–Crippen MR) is 89.1 cm³/mol. The Hall–Kier alpha value is -0.960. The summed E-state index contributed by atoms with van der Waals surface area (Å²) in [7, 11) is 1.54. The first kappa shape index (κ1) is 16.4. The molecular weight excluding hydrogens is 459 g/mol. The molecule has 0 bridgehead atoms. The number of rotatable bonds is 4. The van der Waals surface area contributed by atoms with Crippen LogP contribution in [-0.4, -0.2) is 18.1 Å². The molecule has 0 spiro atoms. The van der Waals surface area contributed by atoms with Gasteiger partial charge in [0.2, 0.25) is 0 Å². The van der Waals surface area contributed by atoms with Crippen LogP contribution in [0, 0.1) is 3.57 Å². The highest BCUT2D eigenvalue weighted by Crippen LogP contribution is 2.31. The molecule has 1 aromatic carbocycles. The Morgan fingerprint density at radius 1 is 1.33 bits per heavy atom. The highest BCUT2D eigenvalue weighted by Gasteiger charge is 2.15. The van der Waals surface area contributed by atoms with Crippen LogP contribution in [0.1, 0.15) is 0 Å². The van der Waals surface area contributed by atoms with Gasteiger partial charge >= 0.3 is 0 Å². The Kier molecular flexibility index (Phi) is 5.37. The van der Waals surface area contributed by atoms with E-state index in [1.54, 1.807) is 37.4 Å². The number of halogens is 4. The quantitative estimate of drug-likeness (QED) is 0.630. The molecular formula is C14H11BrF2INO2. The molecule has 0 unspecified atom stereocenters. The Morgan fingerprint density at radius 2 is 2.05 bits per heavy atom. The molecule has 3 nitrogen and oxygen atoms in total. The van der Waals surface area contributed by atoms with Crippen molar-refractivity contribution in [1.82, 2.24) is 4.57 Å². The number of hydrogen-bond acceptors (Lipinski definition) is 2. The SMILES string of the molecule is COc1ccc(-c2ccc(I)c(=O)n2CC(F)F)c(Br)c1. The maximum Gasteiger partial charge on any atom is 0.264 e. The van der Waals surface area contributed by atoms with E-state index in [0.29, 0.717) is 25.0 Å². The van der Waals surface area contributed by atoms with Crippen molar-refractivity contribution >= 4 is 38.5 Å². The smallest absolute Gasteiger partial charge is 0.264 e. The normalized spacial score (nSPS) is 11.0. The molecule has 112 valence electrons. The van der Waals surface area contributed by atoms with Crippen molar-refractivity contribution in [2.45, 2.75) is 13.0 Å². The molecule has 7 heteroatoms. The highest BCUT2D eigenvalue weighted by molar-refractivity contribution is 14.1. The van der Waals surface area contributed by atoms with Gasteiger partial charge in [0.25, 0.3) is 12.0 Å². The van der Waals surface area contributed by atoms with Gasteiger partial charge in [-0.1, -0.05) is 0 Å². The van der Waals surface area contributed by atoms with E-state index < -0.39 is 18.5 Å². The summed E-state index contributed by atoms with van der Waals surface area (Å²) in [4.78, 5) is 12.1. The fraction of sp³-hybridized carbons (Fsp3) is 0.214. The third-order valence-electron chi connectivity index (χ3n) is 2.90. The molecule has 0 amide bonds. The third kappa shape index (κ3) is 3.63. The van der Waals surface area contributed by atoms with Crippen LogP contribution in [0.25, 0.3) is 11.3 Å². The van der Waals surface area contributed by atoms with Crippen LogP contribution in [0.15, 0.2) is 39.6 Å². The first-order valence-corrected chi connectivity index (χ1v) is 7.82. The lowest BCUT2D eigenvalue weighted by atomic mass is 10.1. The van der Waals surface area contributed by atoms with E-state index in [2.05, 4.69) is 15.9 Å². The lowest BCUT2D eigenvalue weighted by Crippen LogP contribution is -2.26. The van der Waals surface area contributed by atoms with E-state index in [4.69, 9.17) is 4.74 Å². The minimum absolute atomic E-state index is 0.404. The van der Waals surface area contributed by atoms with E-state index in [1.165, 1.54) is 0 Å². The Bertz CT molecular complexity index is 719. The fourth-order valence-electron chi connectivity index (χ4n) is 1.94. The van der Waals surface area contributed by atoms with Crippen molar-refractivity contribution in [3.8, 4) is 17.0 Å². The molecule has 0 aliphatic rings. The minimum atomic E-state index is -2.60. The average Bonchev–Trinajstić information content (AvgIpc) is 2.44. The lowest BCUT2D eigenvalue weighted by Gasteiger charge is -2.15. The molecule has 0 saturated heterocycles. The Balaban J connectivity index is 2.63. The predicted octanol–water partition coefficient (Wildman–Crippen LogP) is 4.16. The molecule has 0 atom stereocenters. The molecule has 0 radical (unpaired) electrons. The highest BCUT2D eigenvalue weighted by atomic mass is 127. The summed E-state index contributed by atoms with van der Waals surface area (Å²) in [6, 6.07) is 8.46. The molecule has 0 aliphatic heterocycles. The summed E-state index contributed by atoms with van der Waals surface area (Å²) in [5, 5.41) is 0. The van der Waals surface area contributed by atoms with Crippen molar-refractivity contribution < 1.29 is 13.5 Å². The zero-order chi connectivity index (χ0) is 15.6. The van der Waals surface area contributed by atoms with E-state index in [0.717, 1.165) is 4.57 Å². The number of nitrogens with zero attached hydrogens (tertiary/aromatic N) is 1. The minimum Gasteiger partial charge on any atom is -0.497 e. The van der Waals surface area contributed by atoms with Crippen LogP contribution in [0.5, 0.6) is 5.75 Å². The average molecular weight is 470 g/mol. The van der Waals surface area contributed by atoms with Gasteiger partial charge in [0, 0.05) is 10.0 Å². The van der Waals surface area contributed by atoms with Crippen LogP contribution in [0.2, 0.25) is 0 Å². The van der Waals surface area contributed by atoms with E-state index in [9.17, 15) is 13.6 Å². The Labute approximate surface area is 142 Å². The maximum atomic E-state index is 12.8. The van der Waals surface area contributed by atoms with Gasteiger partial charge in [0.1, 0.15) is 5.75 Å². The number of aromatic nitrogens is 1. The van der Waals surface area contributed by atoms with Crippen LogP contribution in [0.3, 0.4) is 0 Å². The van der Waals surface area contributed by atoms with Crippen molar-refractivity contribution in [2.24, 2.45) is 0 Å². The Morgan fingerprint density at radius 3 is 2.62 bits per heavy atom. The van der Waals surface area contributed by atoms with E-state index in [1.807, 2.05) is 22.6 Å². The van der Waals surface area contributed by atoms with Crippen LogP contribution < -0.4 is 10.3 Å². The molecule has 2 rings (SSSR count). The molecule has 2 aromatic rings. The summed E-state index contributed by atoms with van der Waals surface area (Å²) >= 11 is 5.23. The number of pyridine rings is 1. The summed E-state index contributed by atoms with van der Waals surface area (Å²) in [6.07, 6.45) is -2.60. The fourth-order valence-corrected chi connectivity index (χ4v) is 2.97. The van der Waals surface area contributed by atoms with Crippen molar-refractivity contribution in [3.05, 3.63) is 48.7 Å². The van der Waals surface area contributed by atoms with E-state index >= 15 is 0 Å². The van der Waals surface area contributed by atoms with Crippen molar-refractivity contribution in [1.29, 1.82) is 0 Å². The van der Waals surface area contributed by atoms with Gasteiger partial charge in [0.05, 0.1) is 22.9 Å². The molecule has 0 N–H and O–H groups in total. The monoisotopic (exact) mass is 469 g/mol. The summed E-state index contributed by atoms with van der Waals surface area (Å²) in [5.74, 6) is 0.638. The van der Waals surface area contributed by atoms with Gasteiger partial charge in [-0.25, -0.2) is 8.78 Å². The third-order valence-corrected chi connectivity index (χ3v) is 4.38. The molecule has 21 heavy (non-hydrogen) atoms. The number of hydrogen-bond donors (Lipinski definition) is 0. The zero-order valence-electron chi connectivity index (χ0n) is 10.9. The van der Waals surface area contributed by atoms with Crippen LogP contribution >= 0.6 is 38.5 Å². The van der Waals surface area contributed by atoms with Crippen LogP contribution in [-0.2, 0) is 6.54 Å². The molecule has 0 fully saturated rings. The molecule has 1 heterocycles. The summed E-state index contributed by atoms with van der Waals surface area (Å²) < 4.78 is 32.8. The van der Waals surface area contributed by atoms with Crippen LogP contribution in [0.4, 0.5) is 8.78 Å². The van der Waals surface area contributed by atoms with Gasteiger partial charge in [-0.2, -0.15) is 0 Å². The molecule has 0 aliphatic carbocycles. The zero-order valence-corrected chi connectivity index (χ0v) is 14.7. The first-order valence-electron chi connectivity index (χ1n) is 5.95.